The molecule has 0 unspecified atom stereocenters. The maximum atomic E-state index is 5.36. The zero-order valence-corrected chi connectivity index (χ0v) is 9.05. The minimum Gasteiger partial charge on any atom is -0.381 e. The van der Waals surface area contributed by atoms with E-state index >= 15 is 0 Å². The summed E-state index contributed by atoms with van der Waals surface area (Å²) in [4.78, 5) is 6.63. The zero-order chi connectivity index (χ0) is 10.0. The zero-order valence-electron chi connectivity index (χ0n) is 9.05. The van der Waals surface area contributed by atoms with Crippen LogP contribution in [0, 0.1) is 0 Å². The number of likely N-dealkylation sites (N-methyl/N-ethyl adjacent to an activating group) is 1. The molecule has 4 nitrogen and oxygen atoms in total. The molecule has 2 heterocycles. The fraction of sp³-hybridized carbons (Fsp3) is 0.900. The number of guanidine groups is 1. The third-order valence-electron chi connectivity index (χ3n) is 3.07. The van der Waals surface area contributed by atoms with Crippen molar-refractivity contribution in [3.8, 4) is 0 Å². The molecule has 0 saturated carbocycles. The van der Waals surface area contributed by atoms with Gasteiger partial charge >= 0.3 is 0 Å². The van der Waals surface area contributed by atoms with Crippen molar-refractivity contribution in [3.05, 3.63) is 0 Å². The normalized spacial score (nSPS) is 26.1. The molecule has 0 aliphatic carbocycles. The van der Waals surface area contributed by atoms with Gasteiger partial charge in [0, 0.05) is 32.3 Å². The van der Waals surface area contributed by atoms with Gasteiger partial charge in [0.2, 0.25) is 0 Å². The molecule has 80 valence electrons. The van der Waals surface area contributed by atoms with Crippen molar-refractivity contribution < 1.29 is 4.74 Å². The molecule has 0 atom stereocenters. The molecule has 14 heavy (non-hydrogen) atoms. The summed E-state index contributed by atoms with van der Waals surface area (Å²) in [5.74, 6) is 1.05. The maximum absolute atomic E-state index is 5.36. The summed E-state index contributed by atoms with van der Waals surface area (Å²) in [5.41, 5.74) is 0.176. The molecular formula is C10H19N3O. The number of ether oxygens (including phenoxy) is 1. The Kier molecular flexibility index (Phi) is 2.63. The third-order valence-corrected chi connectivity index (χ3v) is 3.07. The van der Waals surface area contributed by atoms with E-state index in [0.29, 0.717) is 0 Å². The second-order valence-electron chi connectivity index (χ2n) is 4.42. The van der Waals surface area contributed by atoms with Crippen molar-refractivity contribution in [3.63, 3.8) is 0 Å². The Morgan fingerprint density at radius 2 is 2.14 bits per heavy atom. The van der Waals surface area contributed by atoms with Crippen LogP contribution in [-0.4, -0.2) is 49.7 Å². The van der Waals surface area contributed by atoms with Crippen LogP contribution in [0.25, 0.3) is 0 Å². The fourth-order valence-corrected chi connectivity index (χ4v) is 1.88. The van der Waals surface area contributed by atoms with Crippen molar-refractivity contribution in [2.75, 3.05) is 33.4 Å². The Morgan fingerprint density at radius 1 is 1.43 bits per heavy atom. The SMILES string of the molecule is CN1CCN=C1NC1(C)CCOCC1. The molecular weight excluding hydrogens is 178 g/mol. The molecule has 0 radical (unpaired) electrons. The number of rotatable bonds is 1. The van der Waals surface area contributed by atoms with Gasteiger partial charge in [0.05, 0.1) is 6.54 Å². The van der Waals surface area contributed by atoms with Crippen molar-refractivity contribution in [2.24, 2.45) is 4.99 Å². The van der Waals surface area contributed by atoms with Gasteiger partial charge in [-0.2, -0.15) is 0 Å². The minimum atomic E-state index is 0.176. The van der Waals surface area contributed by atoms with Crippen molar-refractivity contribution in [1.82, 2.24) is 10.2 Å². The van der Waals surface area contributed by atoms with E-state index in [4.69, 9.17) is 4.74 Å². The summed E-state index contributed by atoms with van der Waals surface area (Å²) in [5, 5.41) is 3.54. The van der Waals surface area contributed by atoms with E-state index in [2.05, 4.69) is 29.2 Å². The molecule has 1 fully saturated rings. The first-order valence-corrected chi connectivity index (χ1v) is 5.31. The number of hydrogen-bond donors (Lipinski definition) is 1. The van der Waals surface area contributed by atoms with Crippen molar-refractivity contribution in [1.29, 1.82) is 0 Å². The molecule has 2 aliphatic heterocycles. The van der Waals surface area contributed by atoms with Crippen LogP contribution in [0.3, 0.4) is 0 Å². The van der Waals surface area contributed by atoms with Gasteiger partial charge in [0.15, 0.2) is 5.96 Å². The summed E-state index contributed by atoms with van der Waals surface area (Å²) in [6.07, 6.45) is 2.14. The Balaban J connectivity index is 1.94. The lowest BCUT2D eigenvalue weighted by atomic mass is 9.93. The molecule has 1 N–H and O–H groups in total. The van der Waals surface area contributed by atoms with Crippen LogP contribution in [0.5, 0.6) is 0 Å². The van der Waals surface area contributed by atoms with Gasteiger partial charge in [-0.25, -0.2) is 0 Å². The molecule has 0 aromatic heterocycles. The van der Waals surface area contributed by atoms with Crippen molar-refractivity contribution >= 4 is 5.96 Å². The first-order chi connectivity index (χ1) is 6.70. The van der Waals surface area contributed by atoms with Gasteiger partial charge in [-0.3, -0.25) is 4.99 Å². The van der Waals surface area contributed by atoms with Crippen LogP contribution in [-0.2, 0) is 4.74 Å². The molecule has 0 bridgehead atoms. The standard InChI is InChI=1S/C10H19N3O/c1-10(3-7-14-8-4-10)12-9-11-5-6-13(9)2/h3-8H2,1-2H3,(H,11,12). The highest BCUT2D eigenvalue weighted by Crippen LogP contribution is 2.20. The lowest BCUT2D eigenvalue weighted by Crippen LogP contribution is -2.52. The number of hydrogen-bond acceptors (Lipinski definition) is 4. The smallest absolute Gasteiger partial charge is 0.194 e. The Bertz CT molecular complexity index is 234. The predicted molar refractivity (Wildman–Crippen MR) is 56.5 cm³/mol. The van der Waals surface area contributed by atoms with E-state index in [1.807, 2.05) is 0 Å². The maximum Gasteiger partial charge on any atom is 0.194 e. The highest BCUT2D eigenvalue weighted by Gasteiger charge is 2.29. The van der Waals surface area contributed by atoms with Crippen molar-refractivity contribution in [2.45, 2.75) is 25.3 Å². The Labute approximate surface area is 85.3 Å². The van der Waals surface area contributed by atoms with Gasteiger partial charge in [-0.05, 0) is 19.8 Å². The molecule has 2 rings (SSSR count). The van der Waals surface area contributed by atoms with E-state index in [1.54, 1.807) is 0 Å². The van der Waals surface area contributed by atoms with Gasteiger partial charge in [-0.1, -0.05) is 0 Å². The van der Waals surface area contributed by atoms with Gasteiger partial charge in [0.1, 0.15) is 0 Å². The Hall–Kier alpha value is -0.770. The van der Waals surface area contributed by atoms with Crippen LogP contribution in [0.15, 0.2) is 4.99 Å². The van der Waals surface area contributed by atoms with E-state index in [0.717, 1.165) is 45.1 Å². The summed E-state index contributed by atoms with van der Waals surface area (Å²) in [6, 6.07) is 0. The minimum absolute atomic E-state index is 0.176. The van der Waals surface area contributed by atoms with Crippen LogP contribution in [0.2, 0.25) is 0 Å². The second kappa shape index (κ2) is 3.77. The largest absolute Gasteiger partial charge is 0.381 e. The summed E-state index contributed by atoms with van der Waals surface area (Å²) in [6.45, 7) is 5.94. The fourth-order valence-electron chi connectivity index (χ4n) is 1.88. The lowest BCUT2D eigenvalue weighted by Gasteiger charge is -2.36. The van der Waals surface area contributed by atoms with Crippen LogP contribution < -0.4 is 5.32 Å². The van der Waals surface area contributed by atoms with Gasteiger partial charge in [-0.15, -0.1) is 0 Å². The monoisotopic (exact) mass is 197 g/mol. The van der Waals surface area contributed by atoms with E-state index in [9.17, 15) is 0 Å². The first-order valence-electron chi connectivity index (χ1n) is 5.31. The average molecular weight is 197 g/mol. The van der Waals surface area contributed by atoms with Crippen LogP contribution >= 0.6 is 0 Å². The van der Waals surface area contributed by atoms with Crippen LogP contribution in [0.1, 0.15) is 19.8 Å². The highest BCUT2D eigenvalue weighted by molar-refractivity contribution is 5.81. The highest BCUT2D eigenvalue weighted by atomic mass is 16.5. The number of nitrogens with one attached hydrogen (secondary N) is 1. The third kappa shape index (κ3) is 2.00. The van der Waals surface area contributed by atoms with E-state index in [1.165, 1.54) is 0 Å². The average Bonchev–Trinajstić information content (AvgIpc) is 2.52. The van der Waals surface area contributed by atoms with Gasteiger partial charge in [0.25, 0.3) is 0 Å². The quantitative estimate of drug-likeness (QED) is 0.663. The topological polar surface area (TPSA) is 36.9 Å². The molecule has 0 amide bonds. The summed E-state index contributed by atoms with van der Waals surface area (Å²) in [7, 11) is 2.08. The lowest BCUT2D eigenvalue weighted by molar-refractivity contribution is 0.0515. The summed E-state index contributed by atoms with van der Waals surface area (Å²) >= 11 is 0. The predicted octanol–water partition coefficient (Wildman–Crippen LogP) is 0.446. The summed E-state index contributed by atoms with van der Waals surface area (Å²) < 4.78 is 5.36. The number of aliphatic imine (C=N–C) groups is 1. The molecule has 0 spiro atoms. The van der Waals surface area contributed by atoms with Crippen LogP contribution in [0.4, 0.5) is 0 Å². The molecule has 1 saturated heterocycles. The molecule has 0 aromatic carbocycles. The second-order valence-corrected chi connectivity index (χ2v) is 4.42. The van der Waals surface area contributed by atoms with Gasteiger partial charge < -0.3 is 15.0 Å². The molecule has 4 heteroatoms. The number of nitrogens with zero attached hydrogens (tertiary/aromatic N) is 2. The molecule has 2 aliphatic rings. The van der Waals surface area contributed by atoms with E-state index in [-0.39, 0.29) is 5.54 Å². The Morgan fingerprint density at radius 3 is 2.71 bits per heavy atom. The first kappa shape index (κ1) is 9.77. The van der Waals surface area contributed by atoms with E-state index < -0.39 is 0 Å². The molecule has 0 aromatic rings.